The van der Waals surface area contributed by atoms with Crippen molar-refractivity contribution in [1.82, 2.24) is 10.6 Å². The Hall–Kier alpha value is -1.40. The fourth-order valence-corrected chi connectivity index (χ4v) is 1.98. The van der Waals surface area contributed by atoms with Gasteiger partial charge in [-0.05, 0) is 31.7 Å². The molecule has 0 aliphatic carbocycles. The molecule has 0 bridgehead atoms. The highest BCUT2D eigenvalue weighted by Crippen LogP contribution is 2.06. The summed E-state index contributed by atoms with van der Waals surface area (Å²) in [5.41, 5.74) is 0. The molecule has 106 valence electrons. The largest absolute Gasteiger partial charge is 0.379 e. The van der Waals surface area contributed by atoms with Gasteiger partial charge < -0.3 is 15.4 Å². The summed E-state index contributed by atoms with van der Waals surface area (Å²) in [5.74, 6) is -1.20. The molecule has 2 amide bonds. The Morgan fingerprint density at radius 2 is 2.05 bits per heavy atom. The maximum absolute atomic E-state index is 11.5. The number of amides is 2. The highest BCUT2D eigenvalue weighted by atomic mass is 32.1. The molecule has 0 saturated carbocycles. The van der Waals surface area contributed by atoms with Crippen LogP contribution in [-0.4, -0.2) is 31.1 Å². The highest BCUT2D eigenvalue weighted by molar-refractivity contribution is 7.09. The molecular weight excluding hydrogens is 264 g/mol. The summed E-state index contributed by atoms with van der Waals surface area (Å²) in [6, 6.07) is 3.81. The molecule has 1 aromatic heterocycles. The molecule has 0 unspecified atom stereocenters. The van der Waals surface area contributed by atoms with Crippen LogP contribution in [0.2, 0.25) is 0 Å². The van der Waals surface area contributed by atoms with E-state index in [1.807, 2.05) is 31.4 Å². The van der Waals surface area contributed by atoms with Gasteiger partial charge in [0.1, 0.15) is 0 Å². The smallest absolute Gasteiger partial charge is 0.309 e. The van der Waals surface area contributed by atoms with Crippen LogP contribution in [0.15, 0.2) is 17.5 Å². The molecular formula is C13H20N2O3S. The molecule has 0 aromatic carbocycles. The lowest BCUT2D eigenvalue weighted by atomic mass is 10.4. The van der Waals surface area contributed by atoms with Crippen molar-refractivity contribution in [2.45, 2.75) is 32.9 Å². The van der Waals surface area contributed by atoms with Crippen LogP contribution in [-0.2, 0) is 20.9 Å². The van der Waals surface area contributed by atoms with Gasteiger partial charge in [-0.3, -0.25) is 9.59 Å². The first kappa shape index (κ1) is 15.7. The van der Waals surface area contributed by atoms with Gasteiger partial charge >= 0.3 is 11.8 Å². The molecule has 0 radical (unpaired) electrons. The third-order valence-electron chi connectivity index (χ3n) is 2.27. The van der Waals surface area contributed by atoms with Gasteiger partial charge in [0.15, 0.2) is 0 Å². The zero-order valence-electron chi connectivity index (χ0n) is 11.3. The molecule has 6 heteroatoms. The van der Waals surface area contributed by atoms with Crippen molar-refractivity contribution in [2.75, 3.05) is 13.2 Å². The van der Waals surface area contributed by atoms with E-state index in [-0.39, 0.29) is 6.10 Å². The number of carbonyl (C=O) groups excluding carboxylic acids is 2. The number of ether oxygens (including phenoxy) is 1. The van der Waals surface area contributed by atoms with Gasteiger partial charge in [0, 0.05) is 18.0 Å². The van der Waals surface area contributed by atoms with Crippen molar-refractivity contribution >= 4 is 23.2 Å². The summed E-state index contributed by atoms with van der Waals surface area (Å²) in [5, 5.41) is 7.06. The normalized spacial score (nSPS) is 10.5. The minimum absolute atomic E-state index is 0.185. The SMILES string of the molecule is CC(C)OCCCNC(=O)C(=O)NCc1cccs1. The van der Waals surface area contributed by atoms with E-state index in [0.717, 1.165) is 4.88 Å². The number of thiophene rings is 1. The molecule has 0 fully saturated rings. The highest BCUT2D eigenvalue weighted by Gasteiger charge is 2.12. The maximum atomic E-state index is 11.5. The minimum atomic E-state index is -0.599. The summed E-state index contributed by atoms with van der Waals surface area (Å²) in [7, 11) is 0. The first-order chi connectivity index (χ1) is 9.09. The molecule has 1 heterocycles. The molecule has 0 aliphatic heterocycles. The van der Waals surface area contributed by atoms with E-state index < -0.39 is 11.8 Å². The summed E-state index contributed by atoms with van der Waals surface area (Å²) >= 11 is 1.54. The monoisotopic (exact) mass is 284 g/mol. The fourth-order valence-electron chi connectivity index (χ4n) is 1.33. The lowest BCUT2D eigenvalue weighted by molar-refractivity contribution is -0.139. The Balaban J connectivity index is 2.10. The minimum Gasteiger partial charge on any atom is -0.379 e. The number of nitrogens with one attached hydrogen (secondary N) is 2. The van der Waals surface area contributed by atoms with Crippen LogP contribution in [0.3, 0.4) is 0 Å². The van der Waals surface area contributed by atoms with Gasteiger partial charge in [-0.15, -0.1) is 11.3 Å². The van der Waals surface area contributed by atoms with Crippen LogP contribution in [0.5, 0.6) is 0 Å². The van der Waals surface area contributed by atoms with E-state index in [0.29, 0.717) is 26.1 Å². The topological polar surface area (TPSA) is 67.4 Å². The predicted octanol–water partition coefficient (Wildman–Crippen LogP) is 1.30. The average molecular weight is 284 g/mol. The van der Waals surface area contributed by atoms with E-state index in [4.69, 9.17) is 4.74 Å². The van der Waals surface area contributed by atoms with Crippen molar-refractivity contribution < 1.29 is 14.3 Å². The lowest BCUT2D eigenvalue weighted by Gasteiger charge is -2.08. The summed E-state index contributed by atoms with van der Waals surface area (Å²) in [6.07, 6.45) is 0.882. The quantitative estimate of drug-likeness (QED) is 0.586. The van der Waals surface area contributed by atoms with Crippen LogP contribution >= 0.6 is 11.3 Å². The average Bonchev–Trinajstić information content (AvgIpc) is 2.88. The van der Waals surface area contributed by atoms with Crippen LogP contribution in [0, 0.1) is 0 Å². The molecule has 0 aliphatic rings. The summed E-state index contributed by atoms with van der Waals surface area (Å²) in [4.78, 5) is 23.9. The molecule has 0 saturated heterocycles. The van der Waals surface area contributed by atoms with Gasteiger partial charge in [0.25, 0.3) is 0 Å². The number of hydrogen-bond acceptors (Lipinski definition) is 4. The van der Waals surface area contributed by atoms with Crippen molar-refractivity contribution in [2.24, 2.45) is 0 Å². The number of hydrogen-bond donors (Lipinski definition) is 2. The molecule has 5 nitrogen and oxygen atoms in total. The Morgan fingerprint density at radius 1 is 1.32 bits per heavy atom. The second-order valence-corrected chi connectivity index (χ2v) is 5.32. The predicted molar refractivity (Wildman–Crippen MR) is 74.9 cm³/mol. The van der Waals surface area contributed by atoms with Gasteiger partial charge in [0.2, 0.25) is 0 Å². The maximum Gasteiger partial charge on any atom is 0.309 e. The van der Waals surface area contributed by atoms with Crippen molar-refractivity contribution in [3.63, 3.8) is 0 Å². The molecule has 1 rings (SSSR count). The zero-order valence-corrected chi connectivity index (χ0v) is 12.1. The van der Waals surface area contributed by atoms with E-state index in [2.05, 4.69) is 10.6 Å². The Morgan fingerprint density at radius 3 is 2.68 bits per heavy atom. The third-order valence-corrected chi connectivity index (χ3v) is 3.14. The zero-order chi connectivity index (χ0) is 14.1. The van der Waals surface area contributed by atoms with Gasteiger partial charge in [0.05, 0.1) is 12.6 Å². The van der Waals surface area contributed by atoms with E-state index in [1.165, 1.54) is 0 Å². The van der Waals surface area contributed by atoms with Crippen molar-refractivity contribution in [1.29, 1.82) is 0 Å². The molecule has 1 aromatic rings. The van der Waals surface area contributed by atoms with Gasteiger partial charge in [-0.25, -0.2) is 0 Å². The summed E-state index contributed by atoms with van der Waals surface area (Å²) < 4.78 is 5.33. The standard InChI is InChI=1S/C13H20N2O3S/c1-10(2)18-7-4-6-14-12(16)13(17)15-9-11-5-3-8-19-11/h3,5,8,10H,4,6-7,9H2,1-2H3,(H,14,16)(H,15,17). The van der Waals surface area contributed by atoms with Gasteiger partial charge in [-0.2, -0.15) is 0 Å². The molecule has 2 N–H and O–H groups in total. The molecule has 0 atom stereocenters. The van der Waals surface area contributed by atoms with Crippen LogP contribution < -0.4 is 10.6 Å². The van der Waals surface area contributed by atoms with E-state index in [1.54, 1.807) is 11.3 Å². The third kappa shape index (κ3) is 6.93. The molecule has 19 heavy (non-hydrogen) atoms. The van der Waals surface area contributed by atoms with Crippen molar-refractivity contribution in [3.8, 4) is 0 Å². The fraction of sp³-hybridized carbons (Fsp3) is 0.538. The van der Waals surface area contributed by atoms with Crippen LogP contribution in [0.25, 0.3) is 0 Å². The Labute approximate surface area is 117 Å². The van der Waals surface area contributed by atoms with Crippen LogP contribution in [0.4, 0.5) is 0 Å². The van der Waals surface area contributed by atoms with Gasteiger partial charge in [-0.1, -0.05) is 6.07 Å². The van der Waals surface area contributed by atoms with Crippen molar-refractivity contribution in [3.05, 3.63) is 22.4 Å². The second-order valence-electron chi connectivity index (χ2n) is 4.29. The lowest BCUT2D eigenvalue weighted by Crippen LogP contribution is -2.40. The first-order valence-corrected chi connectivity index (χ1v) is 7.17. The Kier molecular flexibility index (Phi) is 7.14. The second kappa shape index (κ2) is 8.66. The Bertz CT molecular complexity index is 391. The summed E-state index contributed by atoms with van der Waals surface area (Å²) in [6.45, 7) is 5.32. The van der Waals surface area contributed by atoms with Crippen LogP contribution in [0.1, 0.15) is 25.1 Å². The van der Waals surface area contributed by atoms with E-state index >= 15 is 0 Å². The first-order valence-electron chi connectivity index (χ1n) is 6.29. The molecule has 0 spiro atoms. The number of rotatable bonds is 7. The number of carbonyl (C=O) groups is 2. The van der Waals surface area contributed by atoms with E-state index in [9.17, 15) is 9.59 Å².